The highest BCUT2D eigenvalue weighted by molar-refractivity contribution is 5.90. The van der Waals surface area contributed by atoms with E-state index in [0.717, 1.165) is 6.07 Å². The number of ether oxygens (including phenoxy) is 2. The molecule has 27 heavy (non-hydrogen) atoms. The van der Waals surface area contributed by atoms with Crippen molar-refractivity contribution in [2.75, 3.05) is 5.32 Å². The number of non-ortho nitro benzene ring substituents is 1. The van der Waals surface area contributed by atoms with Crippen molar-refractivity contribution in [3.63, 3.8) is 0 Å². The zero-order valence-electron chi connectivity index (χ0n) is 13.0. The standard InChI is InChI=1S/C15H9F4N3O5/c16-9-6-5-8(22(24)25)7-10(9)20-13(23)21-15(14(17,18)19)26-11-3-1-2-4-12(11)27-15/h1-7H,(H2,20,21,23). The molecule has 0 bridgehead atoms. The topological polar surface area (TPSA) is 103 Å². The maximum Gasteiger partial charge on any atom is 0.492 e. The van der Waals surface area contributed by atoms with Crippen LogP contribution in [0.1, 0.15) is 0 Å². The Kier molecular flexibility index (Phi) is 4.25. The van der Waals surface area contributed by atoms with Gasteiger partial charge in [0, 0.05) is 12.1 Å². The first-order valence-electron chi connectivity index (χ1n) is 7.18. The van der Waals surface area contributed by atoms with Crippen LogP contribution in [0.5, 0.6) is 11.5 Å². The van der Waals surface area contributed by atoms with Gasteiger partial charge in [0.05, 0.1) is 10.6 Å². The SMILES string of the molecule is O=C(Nc1cc([N+](=O)[O-])ccc1F)NC1(C(F)(F)F)Oc2ccccc2O1. The number of rotatable bonds is 3. The van der Waals surface area contributed by atoms with E-state index in [-0.39, 0.29) is 11.5 Å². The first-order chi connectivity index (χ1) is 12.6. The second kappa shape index (κ2) is 6.30. The van der Waals surface area contributed by atoms with Crippen LogP contribution < -0.4 is 20.1 Å². The molecule has 142 valence electrons. The molecule has 0 unspecified atom stereocenters. The van der Waals surface area contributed by atoms with Crippen LogP contribution in [0.4, 0.5) is 33.7 Å². The highest BCUT2D eigenvalue weighted by Gasteiger charge is 2.65. The molecular weight excluding hydrogens is 378 g/mol. The second-order valence-electron chi connectivity index (χ2n) is 5.27. The summed E-state index contributed by atoms with van der Waals surface area (Å²) in [5, 5.41) is 13.9. The van der Waals surface area contributed by atoms with E-state index in [1.165, 1.54) is 29.6 Å². The Balaban J connectivity index is 1.83. The monoisotopic (exact) mass is 387 g/mol. The number of para-hydroxylation sites is 2. The Morgan fingerprint density at radius 3 is 2.22 bits per heavy atom. The van der Waals surface area contributed by atoms with Crippen LogP contribution in [0.15, 0.2) is 42.5 Å². The molecule has 2 aromatic carbocycles. The second-order valence-corrected chi connectivity index (χ2v) is 5.27. The number of carbonyl (C=O) groups excluding carboxylic acids is 1. The summed E-state index contributed by atoms with van der Waals surface area (Å²) in [6, 6.07) is 5.80. The van der Waals surface area contributed by atoms with Gasteiger partial charge in [-0.2, -0.15) is 13.2 Å². The lowest BCUT2D eigenvalue weighted by Crippen LogP contribution is -2.65. The molecule has 0 fully saturated rings. The summed E-state index contributed by atoms with van der Waals surface area (Å²) in [6.07, 6.45) is -5.20. The quantitative estimate of drug-likeness (QED) is 0.476. The largest absolute Gasteiger partial charge is 0.492 e. The summed E-state index contributed by atoms with van der Waals surface area (Å²) in [5.74, 6) is -5.17. The molecule has 1 aliphatic rings. The molecule has 1 heterocycles. The first kappa shape index (κ1) is 18.2. The fourth-order valence-corrected chi connectivity index (χ4v) is 2.21. The van der Waals surface area contributed by atoms with Gasteiger partial charge in [0.25, 0.3) is 5.69 Å². The molecule has 0 aliphatic carbocycles. The van der Waals surface area contributed by atoms with Gasteiger partial charge >= 0.3 is 18.1 Å². The van der Waals surface area contributed by atoms with E-state index in [9.17, 15) is 32.5 Å². The minimum absolute atomic E-state index is 0.267. The van der Waals surface area contributed by atoms with Crippen molar-refractivity contribution in [3.8, 4) is 11.5 Å². The van der Waals surface area contributed by atoms with Crippen molar-refractivity contribution in [2.45, 2.75) is 12.1 Å². The number of fused-ring (bicyclic) bond motifs is 1. The van der Waals surface area contributed by atoms with Gasteiger partial charge in [-0.15, -0.1) is 0 Å². The van der Waals surface area contributed by atoms with E-state index in [1.54, 1.807) is 5.32 Å². The third-order valence-corrected chi connectivity index (χ3v) is 3.42. The molecule has 2 aromatic rings. The van der Waals surface area contributed by atoms with E-state index >= 15 is 0 Å². The molecule has 0 aromatic heterocycles. The number of carbonyl (C=O) groups is 1. The van der Waals surface area contributed by atoms with Gasteiger partial charge in [-0.25, -0.2) is 9.18 Å². The van der Waals surface area contributed by atoms with E-state index in [2.05, 4.69) is 0 Å². The van der Waals surface area contributed by atoms with Crippen LogP contribution in [0, 0.1) is 15.9 Å². The van der Waals surface area contributed by atoms with Crippen molar-refractivity contribution >= 4 is 17.4 Å². The summed E-state index contributed by atoms with van der Waals surface area (Å²) in [7, 11) is 0. The summed E-state index contributed by atoms with van der Waals surface area (Å²) in [4.78, 5) is 21.8. The molecule has 3 rings (SSSR count). The van der Waals surface area contributed by atoms with Crippen molar-refractivity contribution in [2.24, 2.45) is 0 Å². The molecule has 8 nitrogen and oxygen atoms in total. The van der Waals surface area contributed by atoms with Gasteiger partial charge in [0.2, 0.25) is 0 Å². The van der Waals surface area contributed by atoms with Crippen LogP contribution in [0.3, 0.4) is 0 Å². The Labute approximate surface area is 147 Å². The lowest BCUT2D eigenvalue weighted by atomic mass is 10.2. The summed E-state index contributed by atoms with van der Waals surface area (Å²) < 4.78 is 63.6. The van der Waals surface area contributed by atoms with Crippen molar-refractivity contribution in [1.29, 1.82) is 0 Å². The molecule has 12 heteroatoms. The number of hydrogen-bond donors (Lipinski definition) is 2. The minimum atomic E-state index is -5.20. The molecule has 0 atom stereocenters. The van der Waals surface area contributed by atoms with Gasteiger partial charge < -0.3 is 14.8 Å². The first-order valence-corrected chi connectivity index (χ1v) is 7.18. The maximum absolute atomic E-state index is 13.7. The molecule has 0 saturated heterocycles. The molecular formula is C15H9F4N3O5. The smallest absolute Gasteiger partial charge is 0.424 e. The number of anilines is 1. The zero-order valence-corrected chi connectivity index (χ0v) is 13.0. The van der Waals surface area contributed by atoms with Crippen molar-refractivity contribution in [3.05, 3.63) is 58.4 Å². The Bertz CT molecular complexity index is 894. The fourth-order valence-electron chi connectivity index (χ4n) is 2.21. The van der Waals surface area contributed by atoms with Gasteiger partial charge in [0.15, 0.2) is 11.5 Å². The number of hydrogen-bond acceptors (Lipinski definition) is 5. The molecule has 0 saturated carbocycles. The van der Waals surface area contributed by atoms with Crippen molar-refractivity contribution < 1.29 is 36.8 Å². The van der Waals surface area contributed by atoms with Crippen LogP contribution >= 0.6 is 0 Å². The number of urea groups is 1. The normalized spacial score (nSPS) is 14.5. The van der Waals surface area contributed by atoms with Crippen molar-refractivity contribution in [1.82, 2.24) is 5.32 Å². The van der Waals surface area contributed by atoms with Crippen LogP contribution in [-0.4, -0.2) is 23.0 Å². The van der Waals surface area contributed by atoms with Gasteiger partial charge in [-0.1, -0.05) is 12.1 Å². The highest BCUT2D eigenvalue weighted by Crippen LogP contribution is 2.44. The maximum atomic E-state index is 13.7. The summed E-state index contributed by atoms with van der Waals surface area (Å²) in [5.41, 5.74) is -1.27. The Morgan fingerprint density at radius 2 is 1.70 bits per heavy atom. The molecule has 0 spiro atoms. The lowest BCUT2D eigenvalue weighted by Gasteiger charge is -2.29. The predicted molar refractivity (Wildman–Crippen MR) is 81.7 cm³/mol. The fraction of sp³-hybridized carbons (Fsp3) is 0.133. The summed E-state index contributed by atoms with van der Waals surface area (Å²) in [6.45, 7) is 0. The highest BCUT2D eigenvalue weighted by atomic mass is 19.4. The minimum Gasteiger partial charge on any atom is -0.424 e. The molecule has 2 N–H and O–H groups in total. The van der Waals surface area contributed by atoms with Crippen LogP contribution in [-0.2, 0) is 0 Å². The number of nitrogens with zero attached hydrogens (tertiary/aromatic N) is 1. The number of alkyl halides is 3. The molecule has 2 amide bonds. The number of nitrogens with one attached hydrogen (secondary N) is 2. The van der Waals surface area contributed by atoms with E-state index in [1.807, 2.05) is 0 Å². The van der Waals surface area contributed by atoms with Gasteiger partial charge in [-0.3, -0.25) is 15.4 Å². The Hall–Kier alpha value is -3.57. The van der Waals surface area contributed by atoms with E-state index in [4.69, 9.17) is 9.47 Å². The number of benzene rings is 2. The van der Waals surface area contributed by atoms with Gasteiger partial charge in [-0.05, 0) is 18.2 Å². The van der Waals surface area contributed by atoms with E-state index < -0.39 is 40.2 Å². The average Bonchev–Trinajstić information content (AvgIpc) is 2.95. The predicted octanol–water partition coefficient (Wildman–Crippen LogP) is 3.54. The molecule has 0 radical (unpaired) electrons. The molecule has 1 aliphatic heterocycles. The number of nitro groups is 1. The lowest BCUT2D eigenvalue weighted by molar-refractivity contribution is -0.384. The average molecular weight is 387 g/mol. The van der Waals surface area contributed by atoms with Crippen LogP contribution in [0.2, 0.25) is 0 Å². The third kappa shape index (κ3) is 3.41. The van der Waals surface area contributed by atoms with E-state index in [0.29, 0.717) is 12.1 Å². The number of nitro benzene ring substituents is 1. The zero-order chi connectivity index (χ0) is 19.8. The third-order valence-electron chi connectivity index (χ3n) is 3.42. The van der Waals surface area contributed by atoms with Crippen LogP contribution in [0.25, 0.3) is 0 Å². The Morgan fingerprint density at radius 1 is 1.11 bits per heavy atom. The van der Waals surface area contributed by atoms with Gasteiger partial charge in [0.1, 0.15) is 5.82 Å². The number of halogens is 4. The number of amides is 2. The summed E-state index contributed by atoms with van der Waals surface area (Å²) >= 11 is 0.